The van der Waals surface area contributed by atoms with Crippen molar-refractivity contribution in [3.05, 3.63) is 0 Å². The SMILES string of the molecule is CO[C@H]1CCN(CC(C)(C)C)C1. The fourth-order valence-electron chi connectivity index (χ4n) is 1.80. The van der Waals surface area contributed by atoms with Gasteiger partial charge in [-0.05, 0) is 11.8 Å². The highest BCUT2D eigenvalue weighted by Crippen LogP contribution is 2.19. The van der Waals surface area contributed by atoms with Gasteiger partial charge in [0.2, 0.25) is 0 Å². The quantitative estimate of drug-likeness (QED) is 0.627. The molecule has 0 radical (unpaired) electrons. The van der Waals surface area contributed by atoms with E-state index in [9.17, 15) is 0 Å². The van der Waals surface area contributed by atoms with Crippen molar-refractivity contribution in [3.63, 3.8) is 0 Å². The van der Waals surface area contributed by atoms with Crippen molar-refractivity contribution in [2.24, 2.45) is 5.41 Å². The Bertz CT molecular complexity index is 139. The summed E-state index contributed by atoms with van der Waals surface area (Å²) in [5.41, 5.74) is 0.419. The van der Waals surface area contributed by atoms with Gasteiger partial charge in [-0.15, -0.1) is 0 Å². The molecule has 1 atom stereocenters. The summed E-state index contributed by atoms with van der Waals surface area (Å²) >= 11 is 0. The van der Waals surface area contributed by atoms with Crippen LogP contribution in [0.4, 0.5) is 0 Å². The van der Waals surface area contributed by atoms with Gasteiger partial charge in [-0.1, -0.05) is 20.8 Å². The highest BCUT2D eigenvalue weighted by atomic mass is 16.5. The number of ether oxygens (including phenoxy) is 1. The van der Waals surface area contributed by atoms with E-state index in [0.717, 1.165) is 6.54 Å². The monoisotopic (exact) mass is 171 g/mol. The first-order valence-corrected chi connectivity index (χ1v) is 4.76. The summed E-state index contributed by atoms with van der Waals surface area (Å²) in [5, 5.41) is 0. The molecule has 12 heavy (non-hydrogen) atoms. The first-order valence-electron chi connectivity index (χ1n) is 4.76. The number of rotatable bonds is 2. The van der Waals surface area contributed by atoms with Crippen molar-refractivity contribution >= 4 is 0 Å². The standard InChI is InChI=1S/C10H21NO/c1-10(2,3)8-11-6-5-9(7-11)12-4/h9H,5-8H2,1-4H3/t9-/m0/s1. The first-order chi connectivity index (χ1) is 5.51. The van der Waals surface area contributed by atoms with E-state index in [2.05, 4.69) is 25.7 Å². The second kappa shape index (κ2) is 3.75. The lowest BCUT2D eigenvalue weighted by molar-refractivity contribution is 0.102. The Morgan fingerprint density at radius 3 is 2.50 bits per heavy atom. The van der Waals surface area contributed by atoms with Crippen LogP contribution in [0.15, 0.2) is 0 Å². The predicted octanol–water partition coefficient (Wildman–Crippen LogP) is 1.75. The Balaban J connectivity index is 2.28. The van der Waals surface area contributed by atoms with Crippen molar-refractivity contribution in [2.75, 3.05) is 26.7 Å². The van der Waals surface area contributed by atoms with Gasteiger partial charge in [-0.25, -0.2) is 0 Å². The van der Waals surface area contributed by atoms with Crippen molar-refractivity contribution < 1.29 is 4.74 Å². The van der Waals surface area contributed by atoms with Crippen LogP contribution in [0.1, 0.15) is 27.2 Å². The lowest BCUT2D eigenvalue weighted by Crippen LogP contribution is -2.31. The molecule has 0 aromatic heterocycles. The van der Waals surface area contributed by atoms with Crippen LogP contribution in [-0.2, 0) is 4.74 Å². The molecule has 1 saturated heterocycles. The van der Waals surface area contributed by atoms with Gasteiger partial charge in [0.25, 0.3) is 0 Å². The van der Waals surface area contributed by atoms with Gasteiger partial charge in [0.15, 0.2) is 0 Å². The average Bonchev–Trinajstić information content (AvgIpc) is 2.32. The predicted molar refractivity (Wildman–Crippen MR) is 51.3 cm³/mol. The molecule has 1 rings (SSSR count). The molecule has 2 nitrogen and oxygen atoms in total. The first kappa shape index (κ1) is 10.0. The average molecular weight is 171 g/mol. The molecule has 2 heteroatoms. The Labute approximate surface area is 75.9 Å². The summed E-state index contributed by atoms with van der Waals surface area (Å²) in [7, 11) is 1.81. The van der Waals surface area contributed by atoms with E-state index in [0.29, 0.717) is 11.5 Å². The van der Waals surface area contributed by atoms with Gasteiger partial charge in [-0.2, -0.15) is 0 Å². The van der Waals surface area contributed by atoms with E-state index in [1.165, 1.54) is 19.5 Å². The number of methoxy groups -OCH3 is 1. The molecule has 1 fully saturated rings. The van der Waals surface area contributed by atoms with Crippen LogP contribution < -0.4 is 0 Å². The van der Waals surface area contributed by atoms with Gasteiger partial charge in [0, 0.05) is 26.7 Å². The second-order valence-corrected chi connectivity index (χ2v) is 4.94. The third-order valence-corrected chi connectivity index (χ3v) is 2.26. The molecule has 1 aliphatic heterocycles. The lowest BCUT2D eigenvalue weighted by atomic mass is 9.96. The normalized spacial score (nSPS) is 26.5. The van der Waals surface area contributed by atoms with Gasteiger partial charge < -0.3 is 9.64 Å². The smallest absolute Gasteiger partial charge is 0.0710 e. The molecule has 0 unspecified atom stereocenters. The zero-order valence-electron chi connectivity index (χ0n) is 8.76. The summed E-state index contributed by atoms with van der Waals surface area (Å²) in [6.45, 7) is 10.4. The molecule has 0 N–H and O–H groups in total. The molecule has 0 aromatic rings. The van der Waals surface area contributed by atoms with E-state index in [1.807, 2.05) is 7.11 Å². The minimum atomic E-state index is 0.419. The zero-order valence-corrected chi connectivity index (χ0v) is 8.76. The Morgan fingerprint density at radius 2 is 2.08 bits per heavy atom. The van der Waals surface area contributed by atoms with Crippen LogP contribution in [0, 0.1) is 5.41 Å². The highest BCUT2D eigenvalue weighted by Gasteiger charge is 2.25. The molecule has 0 spiro atoms. The molecular formula is C10H21NO. The van der Waals surface area contributed by atoms with Crippen molar-refractivity contribution in [2.45, 2.75) is 33.3 Å². The van der Waals surface area contributed by atoms with Gasteiger partial charge in [0.1, 0.15) is 0 Å². The van der Waals surface area contributed by atoms with Crippen molar-refractivity contribution in [3.8, 4) is 0 Å². The maximum atomic E-state index is 5.31. The minimum Gasteiger partial charge on any atom is -0.380 e. The molecule has 0 aromatic carbocycles. The number of hydrogen-bond acceptors (Lipinski definition) is 2. The summed E-state index contributed by atoms with van der Waals surface area (Å²) in [6, 6.07) is 0. The third kappa shape index (κ3) is 3.11. The number of nitrogens with zero attached hydrogens (tertiary/aromatic N) is 1. The molecule has 0 bridgehead atoms. The van der Waals surface area contributed by atoms with E-state index >= 15 is 0 Å². The summed E-state index contributed by atoms with van der Waals surface area (Å²) in [4.78, 5) is 2.49. The number of likely N-dealkylation sites (tertiary alicyclic amines) is 1. The van der Waals surface area contributed by atoms with Crippen molar-refractivity contribution in [1.82, 2.24) is 4.90 Å². The Kier molecular flexibility index (Phi) is 3.13. The van der Waals surface area contributed by atoms with Crippen LogP contribution in [0.5, 0.6) is 0 Å². The summed E-state index contributed by atoms with van der Waals surface area (Å²) in [5.74, 6) is 0. The van der Waals surface area contributed by atoms with E-state index < -0.39 is 0 Å². The van der Waals surface area contributed by atoms with Gasteiger partial charge in [0.05, 0.1) is 6.10 Å². The van der Waals surface area contributed by atoms with Crippen LogP contribution in [0.2, 0.25) is 0 Å². The van der Waals surface area contributed by atoms with E-state index in [4.69, 9.17) is 4.74 Å². The van der Waals surface area contributed by atoms with Gasteiger partial charge >= 0.3 is 0 Å². The Hall–Kier alpha value is -0.0800. The fourth-order valence-corrected chi connectivity index (χ4v) is 1.80. The fraction of sp³-hybridized carbons (Fsp3) is 1.00. The van der Waals surface area contributed by atoms with Crippen LogP contribution in [0.3, 0.4) is 0 Å². The van der Waals surface area contributed by atoms with Gasteiger partial charge in [-0.3, -0.25) is 0 Å². The molecule has 0 aliphatic carbocycles. The Morgan fingerprint density at radius 1 is 1.42 bits per heavy atom. The largest absolute Gasteiger partial charge is 0.380 e. The molecular weight excluding hydrogens is 150 g/mol. The molecule has 1 heterocycles. The molecule has 0 saturated carbocycles. The summed E-state index contributed by atoms with van der Waals surface area (Å²) in [6.07, 6.45) is 1.68. The topological polar surface area (TPSA) is 12.5 Å². The molecule has 1 aliphatic rings. The second-order valence-electron chi connectivity index (χ2n) is 4.94. The molecule has 0 amide bonds. The third-order valence-electron chi connectivity index (χ3n) is 2.26. The molecule has 72 valence electrons. The summed E-state index contributed by atoms with van der Waals surface area (Å²) < 4.78 is 5.31. The maximum absolute atomic E-state index is 5.31. The van der Waals surface area contributed by atoms with Crippen LogP contribution >= 0.6 is 0 Å². The minimum absolute atomic E-state index is 0.419. The van der Waals surface area contributed by atoms with Crippen LogP contribution in [-0.4, -0.2) is 37.7 Å². The zero-order chi connectivity index (χ0) is 9.19. The van der Waals surface area contributed by atoms with Crippen LogP contribution in [0.25, 0.3) is 0 Å². The highest BCUT2D eigenvalue weighted by molar-refractivity contribution is 4.79. The lowest BCUT2D eigenvalue weighted by Gasteiger charge is -2.25. The van der Waals surface area contributed by atoms with E-state index in [1.54, 1.807) is 0 Å². The maximum Gasteiger partial charge on any atom is 0.0710 e. The number of hydrogen-bond donors (Lipinski definition) is 0. The van der Waals surface area contributed by atoms with Crippen molar-refractivity contribution in [1.29, 1.82) is 0 Å². The van der Waals surface area contributed by atoms with E-state index in [-0.39, 0.29) is 0 Å².